The molecule has 0 unspecified atom stereocenters. The molecule has 5 heteroatoms. The number of rotatable bonds is 6. The number of primary amides is 1. The first-order valence-electron chi connectivity index (χ1n) is 6.38. The van der Waals surface area contributed by atoms with Crippen molar-refractivity contribution in [3.8, 4) is 17.2 Å². The third kappa shape index (κ3) is 3.45. The summed E-state index contributed by atoms with van der Waals surface area (Å²) >= 11 is 0. The van der Waals surface area contributed by atoms with Crippen LogP contribution in [0.4, 0.5) is 0 Å². The maximum atomic E-state index is 11.4. The minimum atomic E-state index is -0.525. The first-order valence-corrected chi connectivity index (χ1v) is 6.38. The van der Waals surface area contributed by atoms with Crippen LogP contribution in [0.5, 0.6) is 17.2 Å². The fourth-order valence-corrected chi connectivity index (χ4v) is 1.95. The molecule has 0 radical (unpaired) electrons. The number of ether oxygens (including phenoxy) is 3. The molecule has 21 heavy (non-hydrogen) atoms. The zero-order valence-electron chi connectivity index (χ0n) is 12.0. The molecule has 0 aliphatic rings. The molecule has 1 amide bonds. The second-order valence-corrected chi connectivity index (χ2v) is 4.33. The van der Waals surface area contributed by atoms with Crippen molar-refractivity contribution in [2.24, 2.45) is 5.73 Å². The molecule has 0 spiro atoms. The molecule has 0 saturated carbocycles. The number of carbonyl (C=O) groups excluding carboxylic acids is 1. The van der Waals surface area contributed by atoms with Crippen LogP contribution in [0.15, 0.2) is 42.5 Å². The standard InChI is InChI=1S/C16H17NO4/c1-19-12-7-8-14(20-2)11(9-12)10-21-15-6-4-3-5-13(15)16(17)18/h3-9H,10H2,1-2H3,(H2,17,18). The highest BCUT2D eigenvalue weighted by molar-refractivity contribution is 5.95. The van der Waals surface area contributed by atoms with Gasteiger partial charge >= 0.3 is 0 Å². The van der Waals surface area contributed by atoms with E-state index in [9.17, 15) is 4.79 Å². The SMILES string of the molecule is COc1ccc(OC)c(COc2ccccc2C(N)=O)c1. The Balaban J connectivity index is 2.22. The lowest BCUT2D eigenvalue weighted by Crippen LogP contribution is -2.13. The largest absolute Gasteiger partial charge is 0.497 e. The summed E-state index contributed by atoms with van der Waals surface area (Å²) in [5.41, 5.74) is 6.48. The van der Waals surface area contributed by atoms with Crippen molar-refractivity contribution in [3.63, 3.8) is 0 Å². The van der Waals surface area contributed by atoms with Crippen molar-refractivity contribution in [2.45, 2.75) is 6.61 Å². The number of amides is 1. The Morgan fingerprint density at radius 2 is 1.81 bits per heavy atom. The first-order chi connectivity index (χ1) is 10.2. The molecule has 0 aromatic heterocycles. The van der Waals surface area contributed by atoms with Gasteiger partial charge in [-0.15, -0.1) is 0 Å². The smallest absolute Gasteiger partial charge is 0.252 e. The van der Waals surface area contributed by atoms with Crippen LogP contribution in [0, 0.1) is 0 Å². The van der Waals surface area contributed by atoms with Gasteiger partial charge in [-0.3, -0.25) is 4.79 Å². The Morgan fingerprint density at radius 1 is 1.05 bits per heavy atom. The predicted molar refractivity (Wildman–Crippen MR) is 78.8 cm³/mol. The Labute approximate surface area is 123 Å². The maximum absolute atomic E-state index is 11.4. The van der Waals surface area contributed by atoms with E-state index in [2.05, 4.69) is 0 Å². The van der Waals surface area contributed by atoms with Gasteiger partial charge in [-0.05, 0) is 30.3 Å². The molecular formula is C16H17NO4. The number of hydrogen-bond donors (Lipinski definition) is 1. The van der Waals surface area contributed by atoms with E-state index in [1.54, 1.807) is 50.6 Å². The zero-order valence-corrected chi connectivity index (χ0v) is 12.0. The molecule has 0 saturated heterocycles. The van der Waals surface area contributed by atoms with Gasteiger partial charge in [0.2, 0.25) is 0 Å². The molecule has 2 aromatic rings. The molecule has 2 N–H and O–H groups in total. The van der Waals surface area contributed by atoms with Crippen LogP contribution in [0.3, 0.4) is 0 Å². The molecular weight excluding hydrogens is 270 g/mol. The van der Waals surface area contributed by atoms with Gasteiger partial charge in [-0.25, -0.2) is 0 Å². The van der Waals surface area contributed by atoms with Crippen molar-refractivity contribution in [1.29, 1.82) is 0 Å². The highest BCUT2D eigenvalue weighted by Crippen LogP contribution is 2.26. The summed E-state index contributed by atoms with van der Waals surface area (Å²) in [7, 11) is 3.18. The second-order valence-electron chi connectivity index (χ2n) is 4.33. The van der Waals surface area contributed by atoms with E-state index in [-0.39, 0.29) is 6.61 Å². The lowest BCUT2D eigenvalue weighted by molar-refractivity contribution is 0.0996. The van der Waals surface area contributed by atoms with Crippen molar-refractivity contribution in [1.82, 2.24) is 0 Å². The summed E-state index contributed by atoms with van der Waals surface area (Å²) in [4.78, 5) is 11.4. The zero-order chi connectivity index (χ0) is 15.2. The van der Waals surface area contributed by atoms with Crippen LogP contribution < -0.4 is 19.9 Å². The molecule has 5 nitrogen and oxygen atoms in total. The molecule has 0 aliphatic heterocycles. The van der Waals surface area contributed by atoms with Crippen LogP contribution in [-0.2, 0) is 6.61 Å². The first kappa shape index (κ1) is 14.7. The summed E-state index contributed by atoms with van der Waals surface area (Å²) in [6, 6.07) is 12.3. The third-order valence-corrected chi connectivity index (χ3v) is 3.02. The number of methoxy groups -OCH3 is 2. The number of carbonyl (C=O) groups is 1. The third-order valence-electron chi connectivity index (χ3n) is 3.02. The second kappa shape index (κ2) is 6.65. The number of benzene rings is 2. The average molecular weight is 287 g/mol. The summed E-state index contributed by atoms with van der Waals surface area (Å²) in [5, 5.41) is 0. The van der Waals surface area contributed by atoms with E-state index in [4.69, 9.17) is 19.9 Å². The van der Waals surface area contributed by atoms with Crippen molar-refractivity contribution in [3.05, 3.63) is 53.6 Å². The molecule has 2 rings (SSSR count). The monoisotopic (exact) mass is 287 g/mol. The summed E-state index contributed by atoms with van der Waals surface area (Å²) in [6.45, 7) is 0.241. The molecule has 0 heterocycles. The van der Waals surface area contributed by atoms with E-state index in [0.717, 1.165) is 5.56 Å². The topological polar surface area (TPSA) is 70.8 Å². The normalized spacial score (nSPS) is 10.0. The van der Waals surface area contributed by atoms with Crippen molar-refractivity contribution in [2.75, 3.05) is 14.2 Å². The molecule has 2 aromatic carbocycles. The minimum Gasteiger partial charge on any atom is -0.497 e. The van der Waals surface area contributed by atoms with E-state index in [1.165, 1.54) is 0 Å². The fraction of sp³-hybridized carbons (Fsp3) is 0.188. The minimum absolute atomic E-state index is 0.241. The van der Waals surface area contributed by atoms with Gasteiger partial charge in [0.05, 0.1) is 19.8 Å². The van der Waals surface area contributed by atoms with Crippen LogP contribution >= 0.6 is 0 Å². The van der Waals surface area contributed by atoms with Gasteiger partial charge in [0.15, 0.2) is 0 Å². The Bertz CT molecular complexity index is 640. The van der Waals surface area contributed by atoms with E-state index < -0.39 is 5.91 Å². The molecule has 0 bridgehead atoms. The Morgan fingerprint density at radius 3 is 2.48 bits per heavy atom. The summed E-state index contributed by atoms with van der Waals surface area (Å²) in [6.07, 6.45) is 0. The molecule has 0 atom stereocenters. The Hall–Kier alpha value is -2.69. The van der Waals surface area contributed by atoms with Crippen LogP contribution in [0.1, 0.15) is 15.9 Å². The quantitative estimate of drug-likeness (QED) is 0.885. The van der Waals surface area contributed by atoms with Gasteiger partial charge < -0.3 is 19.9 Å². The van der Waals surface area contributed by atoms with Gasteiger partial charge in [-0.1, -0.05) is 12.1 Å². The molecule has 110 valence electrons. The molecule has 0 fully saturated rings. The van der Waals surface area contributed by atoms with Crippen LogP contribution in [0.2, 0.25) is 0 Å². The van der Waals surface area contributed by atoms with Gasteiger partial charge in [0.1, 0.15) is 23.9 Å². The average Bonchev–Trinajstić information content (AvgIpc) is 2.52. The highest BCUT2D eigenvalue weighted by Gasteiger charge is 2.10. The summed E-state index contributed by atoms with van der Waals surface area (Å²) < 4.78 is 16.2. The number of para-hydroxylation sites is 1. The lowest BCUT2D eigenvalue weighted by atomic mass is 10.2. The van der Waals surface area contributed by atoms with E-state index in [1.807, 2.05) is 6.07 Å². The number of nitrogens with two attached hydrogens (primary N) is 1. The van der Waals surface area contributed by atoms with Crippen LogP contribution in [0.25, 0.3) is 0 Å². The van der Waals surface area contributed by atoms with Gasteiger partial charge in [0.25, 0.3) is 5.91 Å². The molecule has 0 aliphatic carbocycles. The highest BCUT2D eigenvalue weighted by atomic mass is 16.5. The van der Waals surface area contributed by atoms with Crippen LogP contribution in [-0.4, -0.2) is 20.1 Å². The van der Waals surface area contributed by atoms with Gasteiger partial charge in [0, 0.05) is 5.56 Å². The van der Waals surface area contributed by atoms with E-state index in [0.29, 0.717) is 22.8 Å². The van der Waals surface area contributed by atoms with Crippen molar-refractivity contribution < 1.29 is 19.0 Å². The maximum Gasteiger partial charge on any atom is 0.252 e. The number of hydrogen-bond acceptors (Lipinski definition) is 4. The summed E-state index contributed by atoms with van der Waals surface area (Å²) in [5.74, 6) is 1.31. The van der Waals surface area contributed by atoms with Crippen molar-refractivity contribution >= 4 is 5.91 Å². The predicted octanol–water partition coefficient (Wildman–Crippen LogP) is 2.38. The lowest BCUT2D eigenvalue weighted by Gasteiger charge is -2.13. The fourth-order valence-electron chi connectivity index (χ4n) is 1.95. The Kier molecular flexibility index (Phi) is 4.66. The van der Waals surface area contributed by atoms with E-state index >= 15 is 0 Å². The van der Waals surface area contributed by atoms with Gasteiger partial charge in [-0.2, -0.15) is 0 Å².